The molecule has 2 rings (SSSR count). The van der Waals surface area contributed by atoms with Crippen LogP contribution in [0.2, 0.25) is 0 Å². The molecule has 2 unspecified atom stereocenters. The Bertz CT molecular complexity index is 1120. The van der Waals surface area contributed by atoms with Crippen LogP contribution in [0.1, 0.15) is 25.8 Å². The number of benzene rings is 2. The highest BCUT2D eigenvalue weighted by atomic mass is 32.2. The van der Waals surface area contributed by atoms with Gasteiger partial charge in [-0.15, -0.1) is 11.8 Å². The summed E-state index contributed by atoms with van der Waals surface area (Å²) < 4.78 is 15.6. The van der Waals surface area contributed by atoms with Gasteiger partial charge in [-0.1, -0.05) is 13.8 Å². The maximum atomic E-state index is 13.1. The SMILES string of the molecule is COc1ccc(SCC(=O)C(CC(=O)O)NC(=O)C(NC(=O)Cc2cc(OC)ccc2OC)C(C)C)cc1. The molecule has 0 bridgehead atoms. The summed E-state index contributed by atoms with van der Waals surface area (Å²) in [5, 5.41) is 14.6. The second-order valence-corrected chi connectivity index (χ2v) is 9.78. The van der Waals surface area contributed by atoms with Crippen LogP contribution >= 0.6 is 11.8 Å². The molecule has 2 aromatic rings. The van der Waals surface area contributed by atoms with E-state index in [-0.39, 0.29) is 18.1 Å². The molecule has 3 N–H and O–H groups in total. The molecule has 0 radical (unpaired) electrons. The first kappa shape index (κ1) is 30.5. The van der Waals surface area contributed by atoms with Crippen LogP contribution in [0.3, 0.4) is 0 Å². The van der Waals surface area contributed by atoms with E-state index in [0.29, 0.717) is 22.8 Å². The van der Waals surface area contributed by atoms with E-state index in [4.69, 9.17) is 14.2 Å². The fourth-order valence-electron chi connectivity index (χ4n) is 3.56. The van der Waals surface area contributed by atoms with Crippen molar-refractivity contribution in [1.82, 2.24) is 10.6 Å². The van der Waals surface area contributed by atoms with Crippen molar-refractivity contribution < 1.29 is 38.5 Å². The van der Waals surface area contributed by atoms with Gasteiger partial charge in [0.1, 0.15) is 23.3 Å². The number of carbonyl (C=O) groups is 4. The van der Waals surface area contributed by atoms with E-state index in [1.165, 1.54) is 26.0 Å². The van der Waals surface area contributed by atoms with Gasteiger partial charge in [0.25, 0.3) is 0 Å². The first-order valence-corrected chi connectivity index (χ1v) is 12.9. The second kappa shape index (κ2) is 14.9. The van der Waals surface area contributed by atoms with Crippen molar-refractivity contribution in [1.29, 1.82) is 0 Å². The van der Waals surface area contributed by atoms with Crippen LogP contribution < -0.4 is 24.8 Å². The van der Waals surface area contributed by atoms with Crippen molar-refractivity contribution in [3.63, 3.8) is 0 Å². The number of thioether (sulfide) groups is 1. The van der Waals surface area contributed by atoms with Gasteiger partial charge in [0, 0.05) is 10.5 Å². The van der Waals surface area contributed by atoms with E-state index < -0.39 is 42.1 Å². The fraction of sp³-hybridized carbons (Fsp3) is 0.407. The highest BCUT2D eigenvalue weighted by molar-refractivity contribution is 8.00. The third-order valence-electron chi connectivity index (χ3n) is 5.63. The number of Topliss-reactive ketones (excluding diaryl/α,β-unsaturated/α-hetero) is 1. The number of ketones is 1. The number of aliphatic carboxylic acids is 1. The zero-order valence-corrected chi connectivity index (χ0v) is 22.9. The summed E-state index contributed by atoms with van der Waals surface area (Å²) in [5.74, 6) is -1.42. The Kier molecular flexibility index (Phi) is 11.9. The lowest BCUT2D eigenvalue weighted by molar-refractivity contribution is -0.140. The van der Waals surface area contributed by atoms with E-state index in [9.17, 15) is 24.3 Å². The maximum Gasteiger partial charge on any atom is 0.305 e. The number of nitrogens with one attached hydrogen (secondary N) is 2. The zero-order valence-electron chi connectivity index (χ0n) is 22.1. The first-order valence-electron chi connectivity index (χ1n) is 11.9. The van der Waals surface area contributed by atoms with Crippen molar-refractivity contribution in [2.75, 3.05) is 27.1 Å². The molecule has 0 aliphatic rings. The molecule has 10 nitrogen and oxygen atoms in total. The van der Waals surface area contributed by atoms with E-state index in [1.807, 2.05) is 0 Å². The van der Waals surface area contributed by atoms with Gasteiger partial charge in [0.05, 0.1) is 46.0 Å². The molecular formula is C27H34N2O8S. The molecule has 0 fully saturated rings. The summed E-state index contributed by atoms with van der Waals surface area (Å²) in [6, 6.07) is 9.88. The van der Waals surface area contributed by atoms with Crippen LogP contribution in [0.5, 0.6) is 17.2 Å². The number of amides is 2. The van der Waals surface area contributed by atoms with Crippen molar-refractivity contribution in [3.8, 4) is 17.2 Å². The third-order valence-corrected chi connectivity index (χ3v) is 6.66. The molecule has 0 saturated carbocycles. The number of hydrogen-bond acceptors (Lipinski definition) is 8. The average Bonchev–Trinajstić information content (AvgIpc) is 2.89. The smallest absolute Gasteiger partial charge is 0.305 e. The van der Waals surface area contributed by atoms with E-state index in [0.717, 1.165) is 4.90 Å². The molecule has 2 aromatic carbocycles. The summed E-state index contributed by atoms with van der Waals surface area (Å²) >= 11 is 1.22. The van der Waals surface area contributed by atoms with Crippen molar-refractivity contribution in [3.05, 3.63) is 48.0 Å². The number of carboxylic acids is 1. The molecule has 0 heterocycles. The lowest BCUT2D eigenvalue weighted by atomic mass is 10.0. The van der Waals surface area contributed by atoms with Crippen LogP contribution in [0, 0.1) is 5.92 Å². The van der Waals surface area contributed by atoms with Crippen molar-refractivity contribution in [2.45, 2.75) is 43.7 Å². The van der Waals surface area contributed by atoms with E-state index in [1.54, 1.807) is 63.4 Å². The number of rotatable bonds is 15. The minimum atomic E-state index is -1.25. The summed E-state index contributed by atoms with van der Waals surface area (Å²) in [6.45, 7) is 3.48. The second-order valence-electron chi connectivity index (χ2n) is 8.73. The molecule has 206 valence electrons. The Morgan fingerprint density at radius 1 is 0.895 bits per heavy atom. The van der Waals surface area contributed by atoms with Crippen molar-refractivity contribution in [2.24, 2.45) is 5.92 Å². The van der Waals surface area contributed by atoms with Gasteiger partial charge >= 0.3 is 5.97 Å². The summed E-state index contributed by atoms with van der Waals surface area (Å²) in [5.41, 5.74) is 0.571. The predicted molar refractivity (Wildman–Crippen MR) is 143 cm³/mol. The molecule has 11 heteroatoms. The summed E-state index contributed by atoms with van der Waals surface area (Å²) in [4.78, 5) is 51.0. The van der Waals surface area contributed by atoms with Crippen LogP contribution in [0.25, 0.3) is 0 Å². The molecule has 0 aliphatic carbocycles. The van der Waals surface area contributed by atoms with Gasteiger partial charge in [-0.3, -0.25) is 19.2 Å². The van der Waals surface area contributed by atoms with Gasteiger partial charge in [-0.2, -0.15) is 0 Å². The Hall–Kier alpha value is -3.73. The topological polar surface area (TPSA) is 140 Å². The molecule has 0 aromatic heterocycles. The minimum absolute atomic E-state index is 0.0428. The van der Waals surface area contributed by atoms with Crippen LogP contribution in [0.15, 0.2) is 47.4 Å². The highest BCUT2D eigenvalue weighted by Crippen LogP contribution is 2.25. The quantitative estimate of drug-likeness (QED) is 0.288. The van der Waals surface area contributed by atoms with E-state index >= 15 is 0 Å². The molecule has 38 heavy (non-hydrogen) atoms. The van der Waals surface area contributed by atoms with Gasteiger partial charge in [-0.25, -0.2) is 0 Å². The lowest BCUT2D eigenvalue weighted by Gasteiger charge is -2.25. The molecule has 0 aliphatic heterocycles. The number of ether oxygens (including phenoxy) is 3. The summed E-state index contributed by atoms with van der Waals surface area (Å²) in [6.07, 6.45) is -0.652. The number of methoxy groups -OCH3 is 3. The van der Waals surface area contributed by atoms with Gasteiger partial charge in [-0.05, 0) is 48.4 Å². The van der Waals surface area contributed by atoms with Gasteiger partial charge in [0.2, 0.25) is 11.8 Å². The largest absolute Gasteiger partial charge is 0.497 e. The fourth-order valence-corrected chi connectivity index (χ4v) is 4.40. The van der Waals surface area contributed by atoms with Crippen LogP contribution in [-0.2, 0) is 25.6 Å². The Labute approximate surface area is 226 Å². The number of carbonyl (C=O) groups excluding carboxylic acids is 3. The normalized spacial score (nSPS) is 12.3. The zero-order chi connectivity index (χ0) is 28.2. The molecule has 2 amide bonds. The monoisotopic (exact) mass is 546 g/mol. The van der Waals surface area contributed by atoms with E-state index in [2.05, 4.69) is 10.6 Å². The first-order chi connectivity index (χ1) is 18.1. The van der Waals surface area contributed by atoms with Crippen LogP contribution in [-0.4, -0.2) is 67.8 Å². The van der Waals surface area contributed by atoms with Gasteiger partial charge in [0.15, 0.2) is 5.78 Å². The predicted octanol–water partition coefficient (Wildman–Crippen LogP) is 2.72. The van der Waals surface area contributed by atoms with Crippen molar-refractivity contribution >= 4 is 35.3 Å². The molecule has 2 atom stereocenters. The number of carboxylic acid groups (broad SMARTS) is 1. The summed E-state index contributed by atoms with van der Waals surface area (Å²) in [7, 11) is 4.54. The Morgan fingerprint density at radius 3 is 2.08 bits per heavy atom. The third kappa shape index (κ3) is 9.29. The highest BCUT2D eigenvalue weighted by Gasteiger charge is 2.30. The van der Waals surface area contributed by atoms with Gasteiger partial charge < -0.3 is 30.0 Å². The maximum absolute atomic E-state index is 13.1. The standard InChI is InChI=1S/C27H34N2O8S/c1-16(2)26(29-24(31)13-17-12-19(36-4)8-11-23(17)37-5)27(34)28-21(14-25(32)33)22(30)15-38-20-9-6-18(35-3)7-10-20/h6-12,16,21,26H,13-15H2,1-5H3,(H,28,34)(H,29,31)(H,32,33). The molecule has 0 saturated heterocycles. The average molecular weight is 547 g/mol. The minimum Gasteiger partial charge on any atom is -0.497 e. The lowest BCUT2D eigenvalue weighted by Crippen LogP contribution is -2.54. The Balaban J connectivity index is 2.08. The Morgan fingerprint density at radius 2 is 1.53 bits per heavy atom. The number of hydrogen-bond donors (Lipinski definition) is 3. The van der Waals surface area contributed by atoms with Crippen LogP contribution in [0.4, 0.5) is 0 Å². The molecular weight excluding hydrogens is 512 g/mol. The molecule has 0 spiro atoms.